The maximum Gasteiger partial charge on any atom is 0.210 e. The molecule has 4 aromatic rings. The van der Waals surface area contributed by atoms with Crippen LogP contribution in [0.1, 0.15) is 103 Å². The quantitative estimate of drug-likeness (QED) is 0.164. The van der Waals surface area contributed by atoms with Gasteiger partial charge in [-0.05, 0) is 72.0 Å². The lowest BCUT2D eigenvalue weighted by Gasteiger charge is -2.27. The van der Waals surface area contributed by atoms with Crippen molar-refractivity contribution >= 4 is 38.6 Å². The molecule has 3 aliphatic rings. The van der Waals surface area contributed by atoms with Gasteiger partial charge in [0.15, 0.2) is 5.71 Å². The van der Waals surface area contributed by atoms with E-state index in [1.807, 2.05) is 0 Å². The van der Waals surface area contributed by atoms with Crippen LogP contribution >= 0.6 is 0 Å². The van der Waals surface area contributed by atoms with Gasteiger partial charge in [0.2, 0.25) is 5.69 Å². The molecule has 0 saturated heterocycles. The molecule has 2 nitrogen and oxygen atoms in total. The first-order chi connectivity index (χ1) is 23.9. The molecule has 7 rings (SSSR count). The smallest absolute Gasteiger partial charge is 0.210 e. The molecule has 3 heterocycles. The summed E-state index contributed by atoms with van der Waals surface area (Å²) in [7, 11) is 0. The monoisotopic (exact) mass is 726 g/mol. The summed E-state index contributed by atoms with van der Waals surface area (Å²) in [5.74, 6) is 0. The minimum atomic E-state index is -0.0657. The molecular formula is C47H55BrN2. The SMILES string of the molecule is CC1(C)C2=[N+](CCCCCCCCCCCCN3\C(=C/C=C/C=C/C=C/2)C(C)(C)c2c3ccc3ccccc23)c2ccc3ccccc3c21.[Br-]. The number of fused-ring (bicyclic) bond motifs is 9. The first kappa shape index (κ1) is 36.1. The van der Waals surface area contributed by atoms with E-state index in [1.165, 1.54) is 120 Å². The molecule has 50 heavy (non-hydrogen) atoms. The summed E-state index contributed by atoms with van der Waals surface area (Å²) in [6.45, 7) is 11.8. The lowest BCUT2D eigenvalue weighted by atomic mass is 9.79. The summed E-state index contributed by atoms with van der Waals surface area (Å²) in [6.07, 6.45) is 29.1. The van der Waals surface area contributed by atoms with Gasteiger partial charge in [0.1, 0.15) is 6.54 Å². The van der Waals surface area contributed by atoms with Crippen LogP contribution in [0.25, 0.3) is 21.5 Å². The second-order valence-electron chi connectivity index (χ2n) is 15.5. The number of allylic oxidation sites excluding steroid dienone is 8. The lowest BCUT2D eigenvalue weighted by molar-refractivity contribution is -0.438. The van der Waals surface area contributed by atoms with Gasteiger partial charge in [0, 0.05) is 47.5 Å². The third-order valence-corrected chi connectivity index (χ3v) is 11.5. The zero-order valence-corrected chi connectivity index (χ0v) is 32.3. The third kappa shape index (κ3) is 6.96. The first-order valence-corrected chi connectivity index (χ1v) is 19.1. The maximum absolute atomic E-state index is 2.62. The highest BCUT2D eigenvalue weighted by Crippen LogP contribution is 2.51. The van der Waals surface area contributed by atoms with E-state index in [4.69, 9.17) is 0 Å². The Balaban J connectivity index is 0.00000432. The molecule has 0 radical (unpaired) electrons. The summed E-state index contributed by atoms with van der Waals surface area (Å²) < 4.78 is 2.62. The number of hydrogen-bond donors (Lipinski definition) is 0. The van der Waals surface area contributed by atoms with Crippen molar-refractivity contribution in [2.75, 3.05) is 18.0 Å². The number of halogens is 1. The molecule has 0 bridgehead atoms. The molecular weight excluding hydrogens is 672 g/mol. The lowest BCUT2D eigenvalue weighted by Crippen LogP contribution is -3.00. The van der Waals surface area contributed by atoms with E-state index in [1.54, 1.807) is 0 Å². The fraction of sp³-hybridized carbons (Fsp3) is 0.383. The van der Waals surface area contributed by atoms with Crippen LogP contribution in [0.5, 0.6) is 0 Å². The molecule has 0 aromatic heterocycles. The highest BCUT2D eigenvalue weighted by Gasteiger charge is 2.45. The number of anilines is 1. The van der Waals surface area contributed by atoms with Crippen molar-refractivity contribution < 1.29 is 21.6 Å². The molecule has 0 spiro atoms. The van der Waals surface area contributed by atoms with Gasteiger partial charge in [-0.3, -0.25) is 0 Å². The Hall–Kier alpha value is -3.69. The number of hydrogen-bond acceptors (Lipinski definition) is 1. The molecule has 0 N–H and O–H groups in total. The number of benzene rings is 4. The van der Waals surface area contributed by atoms with Crippen LogP contribution in [0.15, 0.2) is 121 Å². The molecule has 4 aromatic carbocycles. The summed E-state index contributed by atoms with van der Waals surface area (Å²) in [5, 5.41) is 5.44. The van der Waals surface area contributed by atoms with E-state index in [2.05, 4.69) is 152 Å². The van der Waals surface area contributed by atoms with Gasteiger partial charge in [0.05, 0.1) is 5.41 Å². The molecule has 0 saturated carbocycles. The molecule has 0 atom stereocenters. The van der Waals surface area contributed by atoms with E-state index >= 15 is 0 Å². The average Bonchev–Trinajstić information content (AvgIpc) is 3.46. The van der Waals surface area contributed by atoms with E-state index in [-0.39, 0.29) is 27.8 Å². The molecule has 0 fully saturated rings. The van der Waals surface area contributed by atoms with E-state index < -0.39 is 0 Å². The normalized spacial score (nSPS) is 22.7. The summed E-state index contributed by atoms with van der Waals surface area (Å²) in [4.78, 5) is 2.62. The Labute approximate surface area is 311 Å². The van der Waals surface area contributed by atoms with E-state index in [9.17, 15) is 0 Å². The predicted octanol–water partition coefficient (Wildman–Crippen LogP) is 9.64. The maximum atomic E-state index is 2.62. The van der Waals surface area contributed by atoms with Crippen molar-refractivity contribution in [2.45, 2.75) is 103 Å². The summed E-state index contributed by atoms with van der Waals surface area (Å²) in [6, 6.07) is 27.2. The van der Waals surface area contributed by atoms with Gasteiger partial charge in [-0.1, -0.05) is 144 Å². The van der Waals surface area contributed by atoms with Crippen molar-refractivity contribution in [1.29, 1.82) is 0 Å². The van der Waals surface area contributed by atoms with Gasteiger partial charge >= 0.3 is 0 Å². The van der Waals surface area contributed by atoms with Crippen molar-refractivity contribution in [3.8, 4) is 0 Å². The van der Waals surface area contributed by atoms with Crippen LogP contribution in [0, 0.1) is 0 Å². The molecule has 0 aliphatic carbocycles. The number of nitrogens with zero attached hydrogens (tertiary/aromatic N) is 2. The molecule has 3 aliphatic heterocycles. The van der Waals surface area contributed by atoms with Crippen LogP contribution in [0.4, 0.5) is 11.4 Å². The van der Waals surface area contributed by atoms with Crippen LogP contribution in [-0.2, 0) is 10.8 Å². The van der Waals surface area contributed by atoms with Crippen LogP contribution in [-0.4, -0.2) is 23.4 Å². The Morgan fingerprint density at radius 3 is 1.80 bits per heavy atom. The second kappa shape index (κ2) is 15.7. The fourth-order valence-corrected chi connectivity index (χ4v) is 8.99. The average molecular weight is 728 g/mol. The fourth-order valence-electron chi connectivity index (χ4n) is 8.99. The van der Waals surface area contributed by atoms with Crippen molar-refractivity contribution in [2.24, 2.45) is 0 Å². The zero-order valence-electron chi connectivity index (χ0n) is 30.7. The molecule has 0 amide bonds. The standard InChI is InChI=1S/C47H55N2.BrH/c1-46(2)42-28-16-12-11-13-17-29-43-47(3,4)45-39-27-21-19-25-37(39)31-33-41(45)49(43)35-23-15-10-8-6-5-7-9-14-22-34-48(42)40-32-30-36-24-18-20-26-38(36)44(40)46;/h11-13,16-21,24-33H,5-10,14-15,22-23,34-35H2,1-4H3;1H/q+1;/p-1. The highest BCUT2D eigenvalue weighted by molar-refractivity contribution is 6.07. The Morgan fingerprint density at radius 1 is 0.540 bits per heavy atom. The molecule has 260 valence electrons. The van der Waals surface area contributed by atoms with Crippen LogP contribution in [0.2, 0.25) is 0 Å². The number of rotatable bonds is 0. The zero-order chi connectivity index (χ0) is 33.8. The van der Waals surface area contributed by atoms with E-state index in [0.29, 0.717) is 0 Å². The topological polar surface area (TPSA) is 6.25 Å². The van der Waals surface area contributed by atoms with Gasteiger partial charge < -0.3 is 21.9 Å². The van der Waals surface area contributed by atoms with Crippen molar-refractivity contribution in [3.63, 3.8) is 0 Å². The van der Waals surface area contributed by atoms with Gasteiger partial charge in [-0.2, -0.15) is 4.58 Å². The second-order valence-corrected chi connectivity index (χ2v) is 15.5. The van der Waals surface area contributed by atoms with Crippen molar-refractivity contribution in [1.82, 2.24) is 0 Å². The van der Waals surface area contributed by atoms with Crippen LogP contribution in [0.3, 0.4) is 0 Å². The summed E-state index contributed by atoms with van der Waals surface area (Å²) >= 11 is 0. The minimum absolute atomic E-state index is 0. The van der Waals surface area contributed by atoms with E-state index in [0.717, 1.165) is 13.1 Å². The first-order valence-electron chi connectivity index (χ1n) is 19.1. The van der Waals surface area contributed by atoms with Gasteiger partial charge in [-0.15, -0.1) is 0 Å². The Morgan fingerprint density at radius 2 is 1.10 bits per heavy atom. The predicted molar refractivity (Wildman–Crippen MR) is 213 cm³/mol. The Kier molecular flexibility index (Phi) is 11.3. The molecule has 3 heteroatoms. The molecule has 0 unspecified atom stereocenters. The largest absolute Gasteiger partial charge is 1.00 e. The Bertz CT molecular complexity index is 1990. The minimum Gasteiger partial charge on any atom is -1.00 e. The summed E-state index contributed by atoms with van der Waals surface area (Å²) in [5.41, 5.74) is 8.40. The highest BCUT2D eigenvalue weighted by atomic mass is 79.9. The third-order valence-electron chi connectivity index (χ3n) is 11.5. The van der Waals surface area contributed by atoms with Crippen LogP contribution < -0.4 is 21.9 Å². The van der Waals surface area contributed by atoms with Crippen molar-refractivity contribution in [3.05, 3.63) is 132 Å². The van der Waals surface area contributed by atoms with Gasteiger partial charge in [0.25, 0.3) is 0 Å². The van der Waals surface area contributed by atoms with Gasteiger partial charge in [-0.25, -0.2) is 0 Å².